The minimum Gasteiger partial charge on any atom is -0.356 e. The molecule has 0 saturated heterocycles. The molecule has 0 unspecified atom stereocenters. The second-order valence-corrected chi connectivity index (χ2v) is 6.75. The summed E-state index contributed by atoms with van der Waals surface area (Å²) >= 11 is 0. The smallest absolute Gasteiger partial charge is 0.227 e. The lowest BCUT2D eigenvalue weighted by atomic mass is 10.1. The minimum absolute atomic E-state index is 0.0344. The van der Waals surface area contributed by atoms with Crippen LogP contribution in [0.5, 0.6) is 0 Å². The minimum atomic E-state index is -0.0344. The molecule has 3 aromatic heterocycles. The van der Waals surface area contributed by atoms with Crippen LogP contribution in [-0.4, -0.2) is 37.4 Å². The van der Waals surface area contributed by atoms with Crippen LogP contribution >= 0.6 is 0 Å². The Morgan fingerprint density at radius 2 is 2.19 bits per heavy atom. The predicted octanol–water partition coefficient (Wildman–Crippen LogP) is 2.33. The Kier molecular flexibility index (Phi) is 5.95. The lowest BCUT2D eigenvalue weighted by Crippen LogP contribution is -2.30. The van der Waals surface area contributed by atoms with Crippen LogP contribution in [0.3, 0.4) is 0 Å². The van der Waals surface area contributed by atoms with Crippen molar-refractivity contribution in [2.45, 2.75) is 40.2 Å². The summed E-state index contributed by atoms with van der Waals surface area (Å²) in [4.78, 5) is 20.5. The van der Waals surface area contributed by atoms with Gasteiger partial charge in [-0.3, -0.25) is 14.5 Å². The molecule has 0 fully saturated rings. The summed E-state index contributed by atoms with van der Waals surface area (Å²) in [5.74, 6) is 1.12. The number of carbonyl (C=O) groups excluding carboxylic acids is 1. The van der Waals surface area contributed by atoms with Gasteiger partial charge >= 0.3 is 0 Å². The fourth-order valence-corrected chi connectivity index (χ4v) is 2.77. The summed E-state index contributed by atoms with van der Waals surface area (Å²) in [6.45, 7) is 7.48. The highest BCUT2D eigenvalue weighted by atomic mass is 16.5. The van der Waals surface area contributed by atoms with E-state index in [-0.39, 0.29) is 11.8 Å². The van der Waals surface area contributed by atoms with E-state index in [4.69, 9.17) is 4.52 Å². The maximum Gasteiger partial charge on any atom is 0.227 e. The molecule has 3 rings (SSSR count). The van der Waals surface area contributed by atoms with Crippen molar-refractivity contribution in [3.05, 3.63) is 47.7 Å². The molecule has 0 radical (unpaired) electrons. The van der Waals surface area contributed by atoms with E-state index < -0.39 is 0 Å². The van der Waals surface area contributed by atoms with Crippen molar-refractivity contribution < 1.29 is 9.32 Å². The van der Waals surface area contributed by atoms with Crippen molar-refractivity contribution in [2.75, 3.05) is 6.54 Å². The topological polar surface area (TPSA) is 98.7 Å². The van der Waals surface area contributed by atoms with Gasteiger partial charge in [0.15, 0.2) is 0 Å². The van der Waals surface area contributed by atoms with E-state index >= 15 is 0 Å². The quantitative estimate of drug-likeness (QED) is 0.655. The number of carbonyl (C=O) groups is 1. The van der Waals surface area contributed by atoms with Gasteiger partial charge in [-0.25, -0.2) is 0 Å². The molecule has 1 N–H and O–H groups in total. The molecular weight excluding hydrogens is 344 g/mol. The van der Waals surface area contributed by atoms with Gasteiger partial charge in [0.2, 0.25) is 17.6 Å². The monoisotopic (exact) mass is 368 g/mol. The maximum atomic E-state index is 12.1. The summed E-state index contributed by atoms with van der Waals surface area (Å²) in [5.41, 5.74) is 2.79. The van der Waals surface area contributed by atoms with E-state index in [9.17, 15) is 4.79 Å². The van der Waals surface area contributed by atoms with E-state index in [1.54, 1.807) is 6.20 Å². The number of hydrogen-bond donors (Lipinski definition) is 1. The molecule has 3 heterocycles. The van der Waals surface area contributed by atoms with Gasteiger partial charge in [0.25, 0.3) is 0 Å². The zero-order valence-electron chi connectivity index (χ0n) is 15.8. The van der Waals surface area contributed by atoms with Gasteiger partial charge in [0.1, 0.15) is 5.69 Å². The van der Waals surface area contributed by atoms with Crippen LogP contribution in [0.1, 0.15) is 30.6 Å². The van der Waals surface area contributed by atoms with E-state index in [1.807, 2.05) is 36.7 Å². The third-order valence-corrected chi connectivity index (χ3v) is 4.16. The van der Waals surface area contributed by atoms with Crippen LogP contribution in [0, 0.1) is 19.8 Å². The number of pyridine rings is 1. The molecule has 0 spiro atoms. The Bertz CT molecular complexity index is 887. The lowest BCUT2D eigenvalue weighted by molar-refractivity contribution is -0.121. The highest BCUT2D eigenvalue weighted by Crippen LogP contribution is 2.12. The Morgan fingerprint density at radius 3 is 2.89 bits per heavy atom. The lowest BCUT2D eigenvalue weighted by Gasteiger charge is -2.13. The van der Waals surface area contributed by atoms with Crippen molar-refractivity contribution >= 4 is 5.91 Å². The molecule has 0 saturated carbocycles. The van der Waals surface area contributed by atoms with Crippen molar-refractivity contribution in [1.29, 1.82) is 0 Å². The second kappa shape index (κ2) is 8.57. The van der Waals surface area contributed by atoms with Crippen LogP contribution in [-0.2, 0) is 17.8 Å². The molecule has 142 valence electrons. The summed E-state index contributed by atoms with van der Waals surface area (Å²) in [6.07, 6.45) is 2.38. The molecule has 0 bridgehead atoms. The third kappa shape index (κ3) is 5.22. The van der Waals surface area contributed by atoms with Gasteiger partial charge in [-0.15, -0.1) is 0 Å². The Balaban J connectivity index is 1.42. The molecule has 8 heteroatoms. The molecule has 8 nitrogen and oxygen atoms in total. The first-order chi connectivity index (χ1) is 13.0. The average molecular weight is 368 g/mol. The number of rotatable bonds is 8. The summed E-state index contributed by atoms with van der Waals surface area (Å²) in [7, 11) is 0. The molecule has 27 heavy (non-hydrogen) atoms. The fraction of sp³-hybridized carbons (Fsp3) is 0.421. The molecule has 0 aromatic carbocycles. The van der Waals surface area contributed by atoms with Crippen LogP contribution in [0.4, 0.5) is 0 Å². The Labute approximate surface area is 158 Å². The first kappa shape index (κ1) is 18.8. The Hall–Kier alpha value is -3.03. The van der Waals surface area contributed by atoms with Crippen LogP contribution < -0.4 is 5.32 Å². The fourth-order valence-electron chi connectivity index (χ4n) is 2.77. The van der Waals surface area contributed by atoms with Gasteiger partial charge in [-0.2, -0.15) is 10.1 Å². The molecule has 0 aliphatic rings. The average Bonchev–Trinajstić information content (AvgIpc) is 3.25. The van der Waals surface area contributed by atoms with E-state index in [0.29, 0.717) is 36.8 Å². The molecule has 0 aliphatic carbocycles. The summed E-state index contributed by atoms with van der Waals surface area (Å²) < 4.78 is 7.17. The van der Waals surface area contributed by atoms with Gasteiger partial charge in [-0.05, 0) is 38.0 Å². The number of amides is 1. The van der Waals surface area contributed by atoms with E-state index in [0.717, 1.165) is 17.9 Å². The maximum absolute atomic E-state index is 12.1. The van der Waals surface area contributed by atoms with Gasteiger partial charge in [0, 0.05) is 37.8 Å². The molecule has 3 aromatic rings. The number of hydrogen-bond acceptors (Lipinski definition) is 6. The summed E-state index contributed by atoms with van der Waals surface area (Å²) in [6, 6.07) is 7.55. The number of aromatic nitrogens is 5. The highest BCUT2D eigenvalue weighted by Gasteiger charge is 2.12. The molecule has 0 aliphatic heterocycles. The number of nitrogens with zero attached hydrogens (tertiary/aromatic N) is 5. The van der Waals surface area contributed by atoms with Crippen LogP contribution in [0.25, 0.3) is 11.5 Å². The SMILES string of the molecule is Cc1cc(C)n(C[C@@H](C)CNC(=O)CCc2nc(-c3ccccn3)no2)n1. The first-order valence-corrected chi connectivity index (χ1v) is 9.03. The predicted molar refractivity (Wildman–Crippen MR) is 99.7 cm³/mol. The zero-order valence-corrected chi connectivity index (χ0v) is 15.8. The van der Waals surface area contributed by atoms with E-state index in [1.165, 1.54) is 0 Å². The number of nitrogens with one attached hydrogen (secondary N) is 1. The van der Waals surface area contributed by atoms with Crippen molar-refractivity contribution in [1.82, 2.24) is 30.2 Å². The van der Waals surface area contributed by atoms with Gasteiger partial charge in [0.05, 0.1) is 5.69 Å². The molecule has 1 atom stereocenters. The first-order valence-electron chi connectivity index (χ1n) is 9.03. The van der Waals surface area contributed by atoms with Crippen molar-refractivity contribution in [3.8, 4) is 11.5 Å². The standard InChI is InChI=1S/C19H24N6O2/c1-13(12-25-15(3)10-14(2)23-25)11-21-17(26)7-8-18-22-19(24-27-18)16-6-4-5-9-20-16/h4-6,9-10,13H,7-8,11-12H2,1-3H3,(H,21,26)/t13-/m0/s1. The van der Waals surface area contributed by atoms with Crippen molar-refractivity contribution in [3.63, 3.8) is 0 Å². The number of aryl methyl sites for hydroxylation is 3. The zero-order chi connectivity index (χ0) is 19.2. The van der Waals surface area contributed by atoms with Gasteiger partial charge < -0.3 is 9.84 Å². The van der Waals surface area contributed by atoms with Gasteiger partial charge in [-0.1, -0.05) is 18.1 Å². The summed E-state index contributed by atoms with van der Waals surface area (Å²) in [5, 5.41) is 11.3. The van der Waals surface area contributed by atoms with Crippen LogP contribution in [0.15, 0.2) is 35.0 Å². The normalized spacial score (nSPS) is 12.1. The largest absolute Gasteiger partial charge is 0.356 e. The molecule has 1 amide bonds. The molecular formula is C19H24N6O2. The van der Waals surface area contributed by atoms with Crippen molar-refractivity contribution in [2.24, 2.45) is 5.92 Å². The Morgan fingerprint density at radius 1 is 1.33 bits per heavy atom. The second-order valence-electron chi connectivity index (χ2n) is 6.75. The third-order valence-electron chi connectivity index (χ3n) is 4.16. The highest BCUT2D eigenvalue weighted by molar-refractivity contribution is 5.76. The van der Waals surface area contributed by atoms with E-state index in [2.05, 4.69) is 38.5 Å². The van der Waals surface area contributed by atoms with Crippen LogP contribution in [0.2, 0.25) is 0 Å².